The average molecular weight is 300 g/mol. The van der Waals surface area contributed by atoms with Crippen LogP contribution in [0.4, 0.5) is 17.6 Å². The molecule has 0 radical (unpaired) electrons. The molecule has 1 aromatic carbocycles. The fourth-order valence-corrected chi connectivity index (χ4v) is 4.39. The van der Waals surface area contributed by atoms with Crippen molar-refractivity contribution in [2.24, 2.45) is 5.41 Å². The molecule has 0 heterocycles. The first-order valence-corrected chi connectivity index (χ1v) is 7.68. The summed E-state index contributed by atoms with van der Waals surface area (Å²) in [5.74, 6) is -1.13. The second-order valence-corrected chi connectivity index (χ2v) is 6.96. The second kappa shape index (κ2) is 4.72. The highest BCUT2D eigenvalue weighted by Crippen LogP contribution is 2.75. The fourth-order valence-electron chi connectivity index (χ4n) is 4.39. The van der Waals surface area contributed by atoms with Crippen LogP contribution in [0.1, 0.15) is 63.0 Å². The minimum atomic E-state index is -4.61. The molecule has 4 heteroatoms. The van der Waals surface area contributed by atoms with Gasteiger partial charge in [0.25, 0.3) is 0 Å². The highest BCUT2D eigenvalue weighted by atomic mass is 19.4. The normalized spacial score (nSPS) is 30.7. The monoisotopic (exact) mass is 300 g/mol. The first-order valence-electron chi connectivity index (χ1n) is 7.68. The summed E-state index contributed by atoms with van der Waals surface area (Å²) >= 11 is 0. The third kappa shape index (κ3) is 2.36. The van der Waals surface area contributed by atoms with Crippen molar-refractivity contribution in [3.05, 3.63) is 35.1 Å². The van der Waals surface area contributed by atoms with Crippen molar-refractivity contribution in [3.63, 3.8) is 0 Å². The molecule has 0 amide bonds. The van der Waals surface area contributed by atoms with Crippen molar-refractivity contribution in [2.75, 3.05) is 0 Å². The van der Waals surface area contributed by atoms with Crippen molar-refractivity contribution in [3.8, 4) is 0 Å². The Bertz CT molecular complexity index is 524. The number of halogens is 4. The van der Waals surface area contributed by atoms with Gasteiger partial charge in [0.05, 0.1) is 5.56 Å². The van der Waals surface area contributed by atoms with Gasteiger partial charge in [-0.25, -0.2) is 4.39 Å². The maximum absolute atomic E-state index is 13.7. The van der Waals surface area contributed by atoms with Crippen LogP contribution in [-0.2, 0) is 11.6 Å². The van der Waals surface area contributed by atoms with Gasteiger partial charge in [0.1, 0.15) is 5.82 Å². The van der Waals surface area contributed by atoms with Gasteiger partial charge in [-0.1, -0.05) is 32.3 Å². The van der Waals surface area contributed by atoms with E-state index in [2.05, 4.69) is 6.92 Å². The van der Waals surface area contributed by atoms with E-state index in [0.717, 1.165) is 37.0 Å². The van der Waals surface area contributed by atoms with Gasteiger partial charge in [0.2, 0.25) is 0 Å². The van der Waals surface area contributed by atoms with Gasteiger partial charge in [0.15, 0.2) is 0 Å². The smallest absolute Gasteiger partial charge is 0.206 e. The molecule has 3 saturated carbocycles. The average Bonchev–Trinajstić information content (AvgIpc) is 2.29. The van der Waals surface area contributed by atoms with Crippen LogP contribution in [0, 0.1) is 11.2 Å². The molecular weight excluding hydrogens is 280 g/mol. The van der Waals surface area contributed by atoms with Crippen LogP contribution in [-0.4, -0.2) is 0 Å². The summed E-state index contributed by atoms with van der Waals surface area (Å²) in [4.78, 5) is 0. The molecule has 0 atom stereocenters. The Hall–Kier alpha value is -1.06. The van der Waals surface area contributed by atoms with Crippen LogP contribution in [0.5, 0.6) is 0 Å². The van der Waals surface area contributed by atoms with E-state index in [1.54, 1.807) is 0 Å². The van der Waals surface area contributed by atoms with Crippen molar-refractivity contribution < 1.29 is 17.6 Å². The molecule has 3 fully saturated rings. The van der Waals surface area contributed by atoms with Crippen LogP contribution in [0.25, 0.3) is 0 Å². The summed E-state index contributed by atoms with van der Waals surface area (Å²) in [5, 5.41) is 0. The van der Waals surface area contributed by atoms with Gasteiger partial charge in [-0.3, -0.25) is 0 Å². The van der Waals surface area contributed by atoms with E-state index in [-0.39, 0.29) is 5.41 Å². The van der Waals surface area contributed by atoms with E-state index in [1.807, 2.05) is 0 Å². The molecule has 0 saturated heterocycles. The van der Waals surface area contributed by atoms with Crippen LogP contribution < -0.4 is 0 Å². The summed E-state index contributed by atoms with van der Waals surface area (Å²) in [6.07, 6.45) is 3.34. The summed E-state index contributed by atoms with van der Waals surface area (Å²) in [6, 6.07) is 3.48. The Balaban J connectivity index is 1.67. The Labute approximate surface area is 122 Å². The maximum atomic E-state index is 13.7. The summed E-state index contributed by atoms with van der Waals surface area (Å²) in [7, 11) is 0. The standard InChI is InChI=1S/C17H20F4/c1-2-3-4-7-15-9-16(10-15,11-15)12-5-6-13(14(18)8-12)17(19,20)21/h5-6,8H,2-4,7,9-11H2,1H3. The first kappa shape index (κ1) is 14.9. The molecule has 0 unspecified atom stereocenters. The van der Waals surface area contributed by atoms with Crippen LogP contribution in [0.2, 0.25) is 0 Å². The van der Waals surface area contributed by atoms with Gasteiger partial charge in [0, 0.05) is 0 Å². The number of alkyl halides is 3. The summed E-state index contributed by atoms with van der Waals surface area (Å²) in [6.45, 7) is 2.18. The van der Waals surface area contributed by atoms with Crippen molar-refractivity contribution in [1.82, 2.24) is 0 Å². The van der Waals surface area contributed by atoms with E-state index in [1.165, 1.54) is 31.7 Å². The first-order chi connectivity index (χ1) is 9.80. The quantitative estimate of drug-likeness (QED) is 0.473. The second-order valence-electron chi connectivity index (χ2n) is 6.96. The van der Waals surface area contributed by atoms with Gasteiger partial charge in [-0.2, -0.15) is 13.2 Å². The molecule has 0 N–H and O–H groups in total. The lowest BCUT2D eigenvalue weighted by Gasteiger charge is -2.72. The third-order valence-corrected chi connectivity index (χ3v) is 5.34. The summed E-state index contributed by atoms with van der Waals surface area (Å²) in [5.41, 5.74) is -0.0215. The minimum Gasteiger partial charge on any atom is -0.206 e. The van der Waals surface area contributed by atoms with Crippen molar-refractivity contribution >= 4 is 0 Å². The molecule has 3 aliphatic rings. The van der Waals surface area contributed by atoms with Crippen LogP contribution >= 0.6 is 0 Å². The van der Waals surface area contributed by atoms with Gasteiger partial charge < -0.3 is 0 Å². The van der Waals surface area contributed by atoms with Gasteiger partial charge >= 0.3 is 6.18 Å². The number of benzene rings is 1. The Morgan fingerprint density at radius 1 is 1.10 bits per heavy atom. The predicted molar refractivity (Wildman–Crippen MR) is 73.5 cm³/mol. The third-order valence-electron chi connectivity index (χ3n) is 5.34. The number of unbranched alkanes of at least 4 members (excludes halogenated alkanes) is 2. The fraction of sp³-hybridized carbons (Fsp3) is 0.647. The van der Waals surface area contributed by atoms with E-state index in [9.17, 15) is 17.6 Å². The highest BCUT2D eigenvalue weighted by molar-refractivity contribution is 5.40. The molecule has 21 heavy (non-hydrogen) atoms. The molecule has 0 spiro atoms. The molecular formula is C17H20F4. The lowest BCUT2D eigenvalue weighted by atomic mass is 9.32. The lowest BCUT2D eigenvalue weighted by Crippen LogP contribution is -2.64. The zero-order valence-electron chi connectivity index (χ0n) is 12.2. The topological polar surface area (TPSA) is 0 Å². The largest absolute Gasteiger partial charge is 0.419 e. The van der Waals surface area contributed by atoms with Crippen LogP contribution in [0.15, 0.2) is 18.2 Å². The van der Waals surface area contributed by atoms with Crippen molar-refractivity contribution in [1.29, 1.82) is 0 Å². The number of rotatable bonds is 5. The van der Waals surface area contributed by atoms with E-state index in [4.69, 9.17) is 0 Å². The van der Waals surface area contributed by atoms with E-state index < -0.39 is 17.6 Å². The zero-order valence-corrected chi connectivity index (χ0v) is 12.2. The molecule has 0 nitrogen and oxygen atoms in total. The lowest BCUT2D eigenvalue weighted by molar-refractivity contribution is -0.148. The Kier molecular flexibility index (Phi) is 3.34. The minimum absolute atomic E-state index is 0.0306. The molecule has 1 aromatic rings. The van der Waals surface area contributed by atoms with Crippen molar-refractivity contribution in [2.45, 2.75) is 63.5 Å². The van der Waals surface area contributed by atoms with Gasteiger partial charge in [-0.05, 0) is 54.2 Å². The molecule has 4 rings (SSSR count). The summed E-state index contributed by atoms with van der Waals surface area (Å²) < 4.78 is 51.4. The molecule has 0 aromatic heterocycles. The van der Waals surface area contributed by atoms with Crippen LogP contribution in [0.3, 0.4) is 0 Å². The van der Waals surface area contributed by atoms with E-state index in [0.29, 0.717) is 5.41 Å². The number of hydrogen-bond acceptors (Lipinski definition) is 0. The Morgan fingerprint density at radius 2 is 1.76 bits per heavy atom. The number of hydrogen-bond donors (Lipinski definition) is 0. The molecule has 0 aliphatic heterocycles. The Morgan fingerprint density at radius 3 is 2.29 bits per heavy atom. The molecule has 116 valence electrons. The highest BCUT2D eigenvalue weighted by Gasteiger charge is 2.67. The molecule has 2 bridgehead atoms. The zero-order chi connectivity index (χ0) is 15.3. The van der Waals surface area contributed by atoms with Gasteiger partial charge in [-0.15, -0.1) is 0 Å². The maximum Gasteiger partial charge on any atom is 0.419 e. The molecule has 3 aliphatic carbocycles. The SMILES string of the molecule is CCCCCC12CC(c3ccc(C(F)(F)F)c(F)c3)(C1)C2. The predicted octanol–water partition coefficient (Wildman–Crippen LogP) is 5.85. The van der Waals surface area contributed by atoms with E-state index >= 15 is 0 Å².